The van der Waals surface area contributed by atoms with Crippen LogP contribution in [0.2, 0.25) is 10.0 Å². The summed E-state index contributed by atoms with van der Waals surface area (Å²) in [6.07, 6.45) is 4.71. The van der Waals surface area contributed by atoms with E-state index in [0.717, 1.165) is 52.3 Å². The van der Waals surface area contributed by atoms with Crippen LogP contribution in [0.15, 0.2) is 87.7 Å². The van der Waals surface area contributed by atoms with Gasteiger partial charge in [0.2, 0.25) is 0 Å². The third-order valence-electron chi connectivity index (χ3n) is 8.98. The van der Waals surface area contributed by atoms with Gasteiger partial charge < -0.3 is 9.47 Å². The van der Waals surface area contributed by atoms with Gasteiger partial charge in [-0.05, 0) is 84.5 Å². The fourth-order valence-corrected chi connectivity index (χ4v) is 7.20. The number of halogens is 2. The Hall–Kier alpha value is -4.74. The summed E-state index contributed by atoms with van der Waals surface area (Å²) in [5.41, 5.74) is 4.04. The zero-order valence-electron chi connectivity index (χ0n) is 25.5. The van der Waals surface area contributed by atoms with Crippen molar-refractivity contribution in [3.63, 3.8) is 0 Å². The first-order chi connectivity index (χ1) is 22.8. The van der Waals surface area contributed by atoms with Crippen LogP contribution in [0.4, 0.5) is 5.69 Å². The van der Waals surface area contributed by atoms with Gasteiger partial charge in [0.05, 0.1) is 36.7 Å². The van der Waals surface area contributed by atoms with E-state index < -0.39 is 23.9 Å². The summed E-state index contributed by atoms with van der Waals surface area (Å²) in [6, 6.07) is 17.4. The maximum Gasteiger partial charge on any atom is 0.264 e. The molecule has 7 rings (SSSR count). The molecule has 240 valence electrons. The molecule has 0 spiro atoms. The molecule has 3 heterocycles. The second-order valence-corrected chi connectivity index (χ2v) is 12.5. The predicted octanol–water partition coefficient (Wildman–Crippen LogP) is 6.13. The quantitative estimate of drug-likeness (QED) is 0.279. The molecule has 3 aromatic carbocycles. The molecular weight excluding hydrogens is 643 g/mol. The van der Waals surface area contributed by atoms with Crippen LogP contribution in [0.25, 0.3) is 6.08 Å². The van der Waals surface area contributed by atoms with Crippen LogP contribution in [-0.4, -0.2) is 66.3 Å². The lowest BCUT2D eigenvalue weighted by Gasteiger charge is -2.30. The van der Waals surface area contributed by atoms with Gasteiger partial charge in [-0.15, -0.1) is 0 Å². The summed E-state index contributed by atoms with van der Waals surface area (Å²) in [5, 5.41) is 16.4. The molecule has 4 atom stereocenters. The number of benzene rings is 3. The van der Waals surface area contributed by atoms with Gasteiger partial charge in [0, 0.05) is 10.9 Å². The molecule has 1 saturated heterocycles. The maximum absolute atomic E-state index is 14.2. The number of hydrogen-bond acceptors (Lipinski definition) is 9. The SMILES string of the molecule is COc1ccc(C=C2CCCC3C2=NN(C(=O)CN2N=NC4C(=O)N(c5ccc(Cl)cc5Cl)C(=O)C42)C3c2ccc(OC)cc2)cc1. The standard InChI is InChI=1S/C34H30Cl2N6O5/c1-46-23-11-6-19(7-12-23)16-21-4-3-5-25-29(21)38-42(31(25)20-8-13-24(47-2)14-9-20)28(43)18-40-32-30(37-39-40)33(44)41(34(32)45)27-15-10-22(35)17-26(27)36/h6-17,25,30-32H,3-5,18H2,1-2H3. The largest absolute Gasteiger partial charge is 0.497 e. The van der Waals surface area contributed by atoms with Crippen molar-refractivity contribution in [3.8, 4) is 11.5 Å². The van der Waals surface area contributed by atoms with E-state index in [1.807, 2.05) is 48.5 Å². The number of carbonyl (C=O) groups excluding carboxylic acids is 3. The number of allylic oxidation sites excluding steroid dienone is 1. The Morgan fingerprint density at radius 3 is 2.32 bits per heavy atom. The third kappa shape index (κ3) is 5.53. The lowest BCUT2D eigenvalue weighted by atomic mass is 9.77. The van der Waals surface area contributed by atoms with Crippen LogP contribution in [0.5, 0.6) is 11.5 Å². The summed E-state index contributed by atoms with van der Waals surface area (Å²) in [7, 11) is 3.24. The Labute approximate surface area is 281 Å². The van der Waals surface area contributed by atoms with Crippen LogP contribution in [0.1, 0.15) is 36.4 Å². The first kappa shape index (κ1) is 30.9. The molecule has 3 aromatic rings. The van der Waals surface area contributed by atoms with Gasteiger partial charge in [-0.1, -0.05) is 52.7 Å². The molecule has 0 radical (unpaired) electrons. The minimum Gasteiger partial charge on any atom is -0.497 e. The Morgan fingerprint density at radius 1 is 0.936 bits per heavy atom. The van der Waals surface area contributed by atoms with Crippen LogP contribution in [0.3, 0.4) is 0 Å². The number of fused-ring (bicyclic) bond motifs is 2. The van der Waals surface area contributed by atoms with Gasteiger partial charge in [0.25, 0.3) is 17.7 Å². The molecule has 13 heteroatoms. The topological polar surface area (TPSA) is 116 Å². The normalized spacial score (nSPS) is 24.1. The molecule has 4 unspecified atom stereocenters. The highest BCUT2D eigenvalue weighted by Gasteiger charge is 2.56. The van der Waals surface area contributed by atoms with E-state index in [1.165, 1.54) is 22.2 Å². The number of imide groups is 1. The molecule has 47 heavy (non-hydrogen) atoms. The second-order valence-electron chi connectivity index (χ2n) is 11.7. The number of amides is 3. The maximum atomic E-state index is 14.2. The molecule has 2 fully saturated rings. The second kappa shape index (κ2) is 12.5. The Balaban J connectivity index is 1.19. The first-order valence-corrected chi connectivity index (χ1v) is 15.9. The van der Waals surface area contributed by atoms with Crippen molar-refractivity contribution in [1.29, 1.82) is 0 Å². The van der Waals surface area contributed by atoms with Gasteiger partial charge in [0.1, 0.15) is 18.0 Å². The lowest BCUT2D eigenvalue weighted by molar-refractivity contribution is -0.136. The smallest absolute Gasteiger partial charge is 0.264 e. The van der Waals surface area contributed by atoms with E-state index >= 15 is 0 Å². The van der Waals surface area contributed by atoms with Crippen molar-refractivity contribution in [2.75, 3.05) is 25.7 Å². The van der Waals surface area contributed by atoms with Gasteiger partial charge in [-0.2, -0.15) is 10.2 Å². The van der Waals surface area contributed by atoms with Gasteiger partial charge in [-0.25, -0.2) is 9.91 Å². The van der Waals surface area contributed by atoms with Crippen molar-refractivity contribution in [1.82, 2.24) is 10.0 Å². The highest BCUT2D eigenvalue weighted by Crippen LogP contribution is 2.45. The van der Waals surface area contributed by atoms with Gasteiger partial charge >= 0.3 is 0 Å². The molecule has 4 aliphatic rings. The van der Waals surface area contributed by atoms with Crippen molar-refractivity contribution >= 4 is 58.4 Å². The Morgan fingerprint density at radius 2 is 1.64 bits per heavy atom. The van der Waals surface area contributed by atoms with Crippen LogP contribution in [0, 0.1) is 5.92 Å². The summed E-state index contributed by atoms with van der Waals surface area (Å²) in [4.78, 5) is 42.1. The van der Waals surface area contributed by atoms with E-state index in [1.54, 1.807) is 20.3 Å². The van der Waals surface area contributed by atoms with Crippen molar-refractivity contribution in [2.45, 2.75) is 37.4 Å². The number of methoxy groups -OCH3 is 2. The molecule has 3 aliphatic heterocycles. The monoisotopic (exact) mass is 672 g/mol. The lowest BCUT2D eigenvalue weighted by Crippen LogP contribution is -2.45. The van der Waals surface area contributed by atoms with Crippen LogP contribution in [-0.2, 0) is 14.4 Å². The minimum atomic E-state index is -1.09. The summed E-state index contributed by atoms with van der Waals surface area (Å²) in [6.45, 7) is -0.306. The number of anilines is 1. The average molecular weight is 674 g/mol. The van der Waals surface area contributed by atoms with E-state index in [0.29, 0.717) is 10.8 Å². The predicted molar refractivity (Wildman–Crippen MR) is 176 cm³/mol. The van der Waals surface area contributed by atoms with E-state index in [9.17, 15) is 14.4 Å². The highest BCUT2D eigenvalue weighted by molar-refractivity contribution is 6.38. The average Bonchev–Trinajstić information content (AvgIpc) is 3.75. The third-order valence-corrected chi connectivity index (χ3v) is 9.51. The number of nitrogens with zero attached hydrogens (tertiary/aromatic N) is 6. The molecule has 1 aliphatic carbocycles. The highest BCUT2D eigenvalue weighted by atomic mass is 35.5. The zero-order valence-corrected chi connectivity index (χ0v) is 27.1. The molecule has 0 aromatic heterocycles. The van der Waals surface area contributed by atoms with Crippen LogP contribution < -0.4 is 14.4 Å². The van der Waals surface area contributed by atoms with Crippen LogP contribution >= 0.6 is 23.2 Å². The molecule has 0 bridgehead atoms. The number of ether oxygens (including phenoxy) is 2. The van der Waals surface area contributed by atoms with E-state index in [2.05, 4.69) is 16.4 Å². The number of rotatable bonds is 7. The van der Waals surface area contributed by atoms with E-state index in [-0.39, 0.29) is 35.1 Å². The van der Waals surface area contributed by atoms with E-state index in [4.69, 9.17) is 37.8 Å². The fraction of sp³-hybridized carbons (Fsp3) is 0.294. The number of hydrogen-bond donors (Lipinski definition) is 0. The number of hydrazone groups is 1. The Bertz CT molecular complexity index is 1840. The fourth-order valence-electron chi connectivity index (χ4n) is 6.71. The number of carbonyl (C=O) groups is 3. The van der Waals surface area contributed by atoms with Crippen molar-refractivity contribution in [3.05, 3.63) is 93.5 Å². The zero-order chi connectivity index (χ0) is 32.8. The van der Waals surface area contributed by atoms with Gasteiger partial charge in [-0.3, -0.25) is 19.4 Å². The van der Waals surface area contributed by atoms with Crippen molar-refractivity contribution in [2.24, 2.45) is 21.4 Å². The van der Waals surface area contributed by atoms with Gasteiger partial charge in [0.15, 0.2) is 12.1 Å². The summed E-state index contributed by atoms with van der Waals surface area (Å²) in [5.74, 6) is -0.0890. The molecule has 11 nitrogen and oxygen atoms in total. The summed E-state index contributed by atoms with van der Waals surface area (Å²) < 4.78 is 10.7. The first-order valence-electron chi connectivity index (χ1n) is 15.2. The molecule has 1 saturated carbocycles. The molecular formula is C34H30Cl2N6O5. The molecule has 3 amide bonds. The minimum absolute atomic E-state index is 0.0456. The summed E-state index contributed by atoms with van der Waals surface area (Å²) >= 11 is 12.4. The molecule has 0 N–H and O–H groups in total. The Kier molecular flexibility index (Phi) is 8.19. The van der Waals surface area contributed by atoms with Crippen molar-refractivity contribution < 1.29 is 23.9 Å².